The van der Waals surface area contributed by atoms with Crippen molar-refractivity contribution < 1.29 is 9.53 Å². The number of hydrogen-bond donors (Lipinski definition) is 0. The van der Waals surface area contributed by atoms with Gasteiger partial charge in [0.25, 0.3) is 5.91 Å². The Morgan fingerprint density at radius 2 is 2.08 bits per heavy atom. The smallest absolute Gasteiger partial charge is 0.278 e. The fourth-order valence-electron chi connectivity index (χ4n) is 2.73. The summed E-state index contributed by atoms with van der Waals surface area (Å²) in [5, 5.41) is 2.39. The van der Waals surface area contributed by atoms with E-state index in [0.717, 1.165) is 17.9 Å². The Kier molecular flexibility index (Phi) is 4.15. The number of thiazole rings is 1. The molecule has 4 rings (SSSR count). The number of hydrogen-bond acceptors (Lipinski definition) is 6. The molecule has 0 N–H and O–H groups in total. The fourth-order valence-corrected chi connectivity index (χ4v) is 3.46. The molecular weight excluding hydrogens is 336 g/mol. The number of anilines is 1. The summed E-state index contributed by atoms with van der Waals surface area (Å²) in [6.07, 6.45) is 4.14. The molecule has 25 heavy (non-hydrogen) atoms. The van der Waals surface area contributed by atoms with Crippen molar-refractivity contribution >= 4 is 22.9 Å². The van der Waals surface area contributed by atoms with E-state index in [1.807, 2.05) is 24.3 Å². The average Bonchev–Trinajstić information content (AvgIpc) is 3.17. The van der Waals surface area contributed by atoms with Crippen molar-refractivity contribution in [3.05, 3.63) is 53.8 Å². The first-order valence-corrected chi connectivity index (χ1v) is 8.94. The minimum absolute atomic E-state index is 0.0191. The third kappa shape index (κ3) is 2.98. The normalized spacial score (nSPS) is 16.2. The van der Waals surface area contributed by atoms with Gasteiger partial charge in [0.15, 0.2) is 10.8 Å². The van der Waals surface area contributed by atoms with Crippen molar-refractivity contribution in [3.8, 4) is 16.6 Å². The van der Waals surface area contributed by atoms with Crippen LogP contribution >= 0.6 is 11.3 Å². The highest BCUT2D eigenvalue weighted by Gasteiger charge is 2.30. The zero-order valence-corrected chi connectivity index (χ0v) is 14.4. The number of fused-ring (bicyclic) bond motifs is 1. The first-order valence-electron chi connectivity index (χ1n) is 8.06. The van der Waals surface area contributed by atoms with Crippen LogP contribution in [0.3, 0.4) is 0 Å². The quantitative estimate of drug-likeness (QED) is 0.722. The van der Waals surface area contributed by atoms with Gasteiger partial charge in [-0.25, -0.2) is 15.0 Å². The fraction of sp³-hybridized carbons (Fsp3) is 0.222. The van der Waals surface area contributed by atoms with Crippen LogP contribution in [0.1, 0.15) is 23.8 Å². The van der Waals surface area contributed by atoms with Crippen LogP contribution < -0.4 is 9.64 Å². The summed E-state index contributed by atoms with van der Waals surface area (Å²) in [5.41, 5.74) is 1.18. The molecule has 2 aromatic heterocycles. The van der Waals surface area contributed by atoms with E-state index in [2.05, 4.69) is 21.9 Å². The predicted octanol–water partition coefficient (Wildman–Crippen LogP) is 3.42. The predicted molar refractivity (Wildman–Crippen MR) is 96.0 cm³/mol. The highest BCUT2D eigenvalue weighted by molar-refractivity contribution is 7.13. The zero-order chi connectivity index (χ0) is 17.2. The van der Waals surface area contributed by atoms with Crippen LogP contribution in [0.25, 0.3) is 10.8 Å². The van der Waals surface area contributed by atoms with E-state index < -0.39 is 0 Å². The standard InChI is InChI=1S/C18H16N4O2S/c1-2-12-10-22(14-6-3-4-7-15(14)24-12)18(23)13-11-25-17(21-13)16-19-8-5-9-20-16/h3-9,11-12H,2,10H2,1H3/t12-/m0/s1. The third-order valence-corrected chi connectivity index (χ3v) is 4.85. The van der Waals surface area contributed by atoms with Crippen LogP contribution in [-0.4, -0.2) is 33.5 Å². The molecule has 0 aliphatic carbocycles. The number of nitrogens with zero attached hydrogens (tertiary/aromatic N) is 4. The van der Waals surface area contributed by atoms with Gasteiger partial charge in [-0.2, -0.15) is 0 Å². The van der Waals surface area contributed by atoms with Gasteiger partial charge in [0.05, 0.1) is 12.2 Å². The van der Waals surface area contributed by atoms with Crippen molar-refractivity contribution in [1.29, 1.82) is 0 Å². The van der Waals surface area contributed by atoms with Crippen LogP contribution in [0.5, 0.6) is 5.75 Å². The van der Waals surface area contributed by atoms with E-state index in [1.165, 1.54) is 11.3 Å². The summed E-state index contributed by atoms with van der Waals surface area (Å²) in [6, 6.07) is 9.35. The lowest BCUT2D eigenvalue weighted by Crippen LogP contribution is -2.43. The van der Waals surface area contributed by atoms with E-state index in [0.29, 0.717) is 23.1 Å². The van der Waals surface area contributed by atoms with Crippen LogP contribution in [0.2, 0.25) is 0 Å². The van der Waals surface area contributed by atoms with E-state index in [9.17, 15) is 4.79 Å². The van der Waals surface area contributed by atoms with Gasteiger partial charge in [-0.05, 0) is 24.6 Å². The van der Waals surface area contributed by atoms with Gasteiger partial charge < -0.3 is 4.74 Å². The van der Waals surface area contributed by atoms with Gasteiger partial charge >= 0.3 is 0 Å². The highest BCUT2D eigenvalue weighted by atomic mass is 32.1. The Morgan fingerprint density at radius 3 is 2.88 bits per heavy atom. The first kappa shape index (κ1) is 15.7. The molecule has 0 bridgehead atoms. The van der Waals surface area contributed by atoms with Gasteiger partial charge in [-0.3, -0.25) is 9.69 Å². The maximum atomic E-state index is 13.0. The van der Waals surface area contributed by atoms with Crippen LogP contribution in [0.15, 0.2) is 48.1 Å². The van der Waals surface area contributed by atoms with E-state index in [-0.39, 0.29) is 12.0 Å². The maximum Gasteiger partial charge on any atom is 0.278 e. The minimum atomic E-state index is -0.132. The van der Waals surface area contributed by atoms with Crippen molar-refractivity contribution in [2.45, 2.75) is 19.4 Å². The van der Waals surface area contributed by atoms with Gasteiger partial charge in [0.1, 0.15) is 17.5 Å². The summed E-state index contributed by atoms with van der Waals surface area (Å²) in [6.45, 7) is 2.57. The number of carbonyl (C=O) groups is 1. The largest absolute Gasteiger partial charge is 0.486 e. The molecule has 1 aliphatic heterocycles. The molecule has 0 spiro atoms. The molecule has 0 radical (unpaired) electrons. The summed E-state index contributed by atoms with van der Waals surface area (Å²) >= 11 is 1.37. The van der Waals surface area contributed by atoms with Crippen LogP contribution in [-0.2, 0) is 0 Å². The van der Waals surface area contributed by atoms with Gasteiger partial charge in [0.2, 0.25) is 0 Å². The zero-order valence-electron chi connectivity index (χ0n) is 13.6. The number of ether oxygens (including phenoxy) is 1. The van der Waals surface area contributed by atoms with Crippen molar-refractivity contribution in [2.75, 3.05) is 11.4 Å². The third-order valence-electron chi connectivity index (χ3n) is 4.02. The summed E-state index contributed by atoms with van der Waals surface area (Å²) in [7, 11) is 0. The number of para-hydroxylation sites is 2. The van der Waals surface area contributed by atoms with Crippen LogP contribution in [0, 0.1) is 0 Å². The molecule has 0 unspecified atom stereocenters. The summed E-state index contributed by atoms with van der Waals surface area (Å²) in [5.74, 6) is 1.13. The lowest BCUT2D eigenvalue weighted by Gasteiger charge is -2.34. The molecule has 1 aliphatic rings. The second kappa shape index (κ2) is 6.60. The molecule has 1 amide bonds. The Hall–Kier alpha value is -2.80. The molecule has 3 heterocycles. The lowest BCUT2D eigenvalue weighted by atomic mass is 10.1. The molecule has 1 atom stereocenters. The number of carbonyl (C=O) groups excluding carboxylic acids is 1. The number of rotatable bonds is 3. The molecule has 3 aromatic rings. The van der Waals surface area contributed by atoms with Crippen molar-refractivity contribution in [3.63, 3.8) is 0 Å². The van der Waals surface area contributed by atoms with E-state index >= 15 is 0 Å². The Morgan fingerprint density at radius 1 is 1.28 bits per heavy atom. The second-order valence-corrected chi connectivity index (χ2v) is 6.50. The number of aromatic nitrogens is 3. The van der Waals surface area contributed by atoms with Gasteiger partial charge in [-0.15, -0.1) is 11.3 Å². The number of benzene rings is 1. The average molecular weight is 352 g/mol. The highest BCUT2D eigenvalue weighted by Crippen LogP contribution is 2.35. The molecule has 126 valence electrons. The Balaban J connectivity index is 1.66. The Labute approximate surface area is 149 Å². The molecule has 0 fully saturated rings. The van der Waals surface area contributed by atoms with Crippen molar-refractivity contribution in [1.82, 2.24) is 15.0 Å². The van der Waals surface area contributed by atoms with Gasteiger partial charge in [-0.1, -0.05) is 19.1 Å². The molecule has 1 aromatic carbocycles. The molecule has 0 saturated carbocycles. The molecule has 0 saturated heterocycles. The summed E-state index contributed by atoms with van der Waals surface area (Å²) < 4.78 is 5.94. The molecular formula is C18H16N4O2S. The molecule has 6 nitrogen and oxygen atoms in total. The topological polar surface area (TPSA) is 68.2 Å². The molecule has 7 heteroatoms. The first-order chi connectivity index (χ1) is 12.3. The Bertz CT molecular complexity index is 897. The van der Waals surface area contributed by atoms with Crippen LogP contribution in [0.4, 0.5) is 5.69 Å². The summed E-state index contributed by atoms with van der Waals surface area (Å²) in [4.78, 5) is 27.6. The second-order valence-electron chi connectivity index (χ2n) is 5.64. The SMILES string of the molecule is CC[C@H]1CN(C(=O)c2csc(-c3ncccn3)n2)c2ccccc2O1. The van der Waals surface area contributed by atoms with E-state index in [4.69, 9.17) is 4.74 Å². The van der Waals surface area contributed by atoms with Gasteiger partial charge in [0, 0.05) is 17.8 Å². The number of amides is 1. The lowest BCUT2D eigenvalue weighted by molar-refractivity contribution is 0.0950. The monoisotopic (exact) mass is 352 g/mol. The minimum Gasteiger partial charge on any atom is -0.486 e. The van der Waals surface area contributed by atoms with Crippen molar-refractivity contribution in [2.24, 2.45) is 0 Å². The van der Waals surface area contributed by atoms with E-state index in [1.54, 1.807) is 28.7 Å². The maximum absolute atomic E-state index is 13.0.